The molecular weight excluding hydrogens is 506 g/mol. The van der Waals surface area contributed by atoms with Crippen LogP contribution in [-0.4, -0.2) is 82.5 Å². The average Bonchev–Trinajstić information content (AvgIpc) is 3.26. The quantitative estimate of drug-likeness (QED) is 0.0704. The molecule has 1 aliphatic rings. The van der Waals surface area contributed by atoms with Crippen molar-refractivity contribution in [1.82, 2.24) is 4.90 Å². The molecule has 40 heavy (non-hydrogen) atoms. The minimum Gasteiger partial charge on any atom is -0.462 e. The predicted octanol–water partition coefficient (Wildman–Crippen LogP) is 7.68. The van der Waals surface area contributed by atoms with Crippen molar-refractivity contribution in [2.75, 3.05) is 47.1 Å². The van der Waals surface area contributed by atoms with E-state index in [9.17, 15) is 4.79 Å². The Morgan fingerprint density at radius 3 is 1.50 bits per heavy atom. The summed E-state index contributed by atoms with van der Waals surface area (Å²) in [5.74, 6) is -0.260. The van der Waals surface area contributed by atoms with Crippen LogP contribution in [0.15, 0.2) is 0 Å². The first-order chi connectivity index (χ1) is 19.5. The van der Waals surface area contributed by atoms with Crippen molar-refractivity contribution in [1.29, 1.82) is 0 Å². The van der Waals surface area contributed by atoms with Crippen LogP contribution >= 0.6 is 0 Å². The SMILES string of the molecule is CCCCCCCCO[C@@H]1O[C@H](COC(=O)CN(C)C)[C@H](OCCCCCCCC)[C@@H]1OCCCCCCCC. The lowest BCUT2D eigenvalue weighted by atomic mass is 10.1. The number of likely N-dealkylation sites (N-methyl/N-ethyl adjacent to an activating group) is 1. The lowest BCUT2D eigenvalue weighted by Gasteiger charge is -2.25. The zero-order chi connectivity index (χ0) is 29.3. The van der Waals surface area contributed by atoms with Gasteiger partial charge in [-0.15, -0.1) is 0 Å². The van der Waals surface area contributed by atoms with Crippen LogP contribution in [0.1, 0.15) is 136 Å². The Balaban J connectivity index is 2.73. The van der Waals surface area contributed by atoms with Gasteiger partial charge in [0.25, 0.3) is 0 Å². The third-order valence-corrected chi connectivity index (χ3v) is 7.52. The molecule has 0 aromatic carbocycles. The largest absolute Gasteiger partial charge is 0.462 e. The van der Waals surface area contributed by atoms with Crippen LogP contribution in [-0.2, 0) is 28.5 Å². The minimum absolute atomic E-state index is 0.154. The fourth-order valence-electron chi connectivity index (χ4n) is 5.10. The molecule has 1 aliphatic heterocycles. The number of nitrogens with zero attached hydrogens (tertiary/aromatic N) is 1. The van der Waals surface area contributed by atoms with Gasteiger partial charge in [-0.2, -0.15) is 0 Å². The van der Waals surface area contributed by atoms with E-state index in [0.717, 1.165) is 25.7 Å². The zero-order valence-electron chi connectivity index (χ0n) is 27.0. The highest BCUT2D eigenvalue weighted by Crippen LogP contribution is 2.29. The van der Waals surface area contributed by atoms with Gasteiger partial charge >= 0.3 is 5.97 Å². The summed E-state index contributed by atoms with van der Waals surface area (Å²) >= 11 is 0. The molecule has 0 amide bonds. The van der Waals surface area contributed by atoms with E-state index in [4.69, 9.17) is 23.7 Å². The molecule has 0 N–H and O–H groups in total. The van der Waals surface area contributed by atoms with E-state index in [1.54, 1.807) is 0 Å². The number of ether oxygens (including phenoxy) is 5. The summed E-state index contributed by atoms with van der Waals surface area (Å²) in [6.07, 6.45) is 20.3. The molecule has 0 aromatic rings. The Bertz CT molecular complexity index is 575. The van der Waals surface area contributed by atoms with Gasteiger partial charge in [-0.1, -0.05) is 117 Å². The van der Waals surface area contributed by atoms with Gasteiger partial charge in [0, 0.05) is 19.8 Å². The van der Waals surface area contributed by atoms with Gasteiger partial charge in [-0.3, -0.25) is 9.69 Å². The normalized spacial score (nSPS) is 20.9. The van der Waals surface area contributed by atoms with E-state index < -0.39 is 12.4 Å². The highest BCUT2D eigenvalue weighted by Gasteiger charge is 2.47. The molecule has 0 bridgehead atoms. The molecule has 7 heteroatoms. The molecule has 0 radical (unpaired) electrons. The molecule has 0 aliphatic carbocycles. The Morgan fingerprint density at radius 2 is 1.02 bits per heavy atom. The Hall–Kier alpha value is -0.730. The minimum atomic E-state index is -0.497. The monoisotopic (exact) mass is 571 g/mol. The summed E-state index contributed by atoms with van der Waals surface area (Å²) < 4.78 is 31.1. The van der Waals surface area contributed by atoms with Gasteiger partial charge in [0.05, 0.1) is 6.54 Å². The number of unbranched alkanes of at least 4 members (excludes halogenated alkanes) is 15. The first kappa shape index (κ1) is 37.3. The summed E-state index contributed by atoms with van der Waals surface area (Å²) in [5.41, 5.74) is 0. The van der Waals surface area contributed by atoms with Gasteiger partial charge < -0.3 is 23.7 Å². The van der Waals surface area contributed by atoms with E-state index in [0.29, 0.717) is 19.8 Å². The highest BCUT2D eigenvalue weighted by molar-refractivity contribution is 5.71. The fourth-order valence-corrected chi connectivity index (χ4v) is 5.10. The van der Waals surface area contributed by atoms with Crippen LogP contribution in [0.25, 0.3) is 0 Å². The first-order valence-electron chi connectivity index (χ1n) is 16.8. The van der Waals surface area contributed by atoms with Crippen LogP contribution in [0.4, 0.5) is 0 Å². The smallest absolute Gasteiger partial charge is 0.320 e. The maximum Gasteiger partial charge on any atom is 0.320 e. The van der Waals surface area contributed by atoms with Crippen molar-refractivity contribution >= 4 is 5.97 Å². The molecule has 238 valence electrons. The zero-order valence-corrected chi connectivity index (χ0v) is 27.0. The first-order valence-corrected chi connectivity index (χ1v) is 16.8. The van der Waals surface area contributed by atoms with Gasteiger partial charge in [0.2, 0.25) is 0 Å². The second-order valence-corrected chi connectivity index (χ2v) is 11.8. The van der Waals surface area contributed by atoms with E-state index in [-0.39, 0.29) is 31.3 Å². The standard InChI is InChI=1S/C33H65NO6/c1-6-9-12-15-18-21-24-36-31-29(28-39-30(35)27-34(4)5)40-33(38-26-23-20-17-14-11-8-3)32(31)37-25-22-19-16-13-10-7-2/h29,31-33H,6-28H2,1-5H3/t29-,31+,32+,33-/m1/s1. The lowest BCUT2D eigenvalue weighted by Crippen LogP contribution is -2.40. The van der Waals surface area contributed by atoms with Crippen molar-refractivity contribution in [3.05, 3.63) is 0 Å². The molecule has 1 fully saturated rings. The maximum absolute atomic E-state index is 12.3. The van der Waals surface area contributed by atoms with E-state index in [1.807, 2.05) is 19.0 Å². The maximum atomic E-state index is 12.3. The molecule has 0 aromatic heterocycles. The molecule has 0 spiro atoms. The molecule has 0 saturated carbocycles. The van der Waals surface area contributed by atoms with Crippen molar-refractivity contribution in [3.8, 4) is 0 Å². The number of carbonyl (C=O) groups is 1. The van der Waals surface area contributed by atoms with Crippen LogP contribution in [0.3, 0.4) is 0 Å². The summed E-state index contributed by atoms with van der Waals surface area (Å²) in [6, 6.07) is 0. The average molecular weight is 572 g/mol. The van der Waals surface area contributed by atoms with Crippen LogP contribution in [0, 0.1) is 0 Å². The highest BCUT2D eigenvalue weighted by atomic mass is 16.7. The van der Waals surface area contributed by atoms with Gasteiger partial charge in [0.1, 0.15) is 24.9 Å². The molecule has 1 rings (SSSR count). The number of rotatable bonds is 28. The van der Waals surface area contributed by atoms with Crippen molar-refractivity contribution in [2.45, 2.75) is 161 Å². The van der Waals surface area contributed by atoms with Gasteiger partial charge in [-0.25, -0.2) is 0 Å². The van der Waals surface area contributed by atoms with E-state index in [2.05, 4.69) is 20.8 Å². The van der Waals surface area contributed by atoms with Crippen LogP contribution in [0.2, 0.25) is 0 Å². The van der Waals surface area contributed by atoms with E-state index >= 15 is 0 Å². The number of esters is 1. The third-order valence-electron chi connectivity index (χ3n) is 7.52. The van der Waals surface area contributed by atoms with Crippen LogP contribution in [0.5, 0.6) is 0 Å². The molecule has 0 unspecified atom stereocenters. The predicted molar refractivity (Wildman–Crippen MR) is 164 cm³/mol. The Labute approximate surface area is 247 Å². The molecule has 4 atom stereocenters. The summed E-state index contributed by atoms with van der Waals surface area (Å²) in [7, 11) is 3.72. The topological polar surface area (TPSA) is 66.5 Å². The Morgan fingerprint density at radius 1 is 0.600 bits per heavy atom. The molecule has 1 saturated heterocycles. The number of hydrogen-bond acceptors (Lipinski definition) is 7. The van der Waals surface area contributed by atoms with Crippen LogP contribution < -0.4 is 0 Å². The summed E-state index contributed by atoms with van der Waals surface area (Å²) in [4.78, 5) is 14.1. The Kier molecular flexibility index (Phi) is 24.2. The number of carbonyl (C=O) groups excluding carboxylic acids is 1. The van der Waals surface area contributed by atoms with Gasteiger partial charge in [0.15, 0.2) is 6.29 Å². The fraction of sp³-hybridized carbons (Fsp3) is 0.970. The third kappa shape index (κ3) is 18.7. The molecule has 7 nitrogen and oxygen atoms in total. The summed E-state index contributed by atoms with van der Waals surface area (Å²) in [6.45, 7) is 9.09. The summed E-state index contributed by atoms with van der Waals surface area (Å²) in [5, 5.41) is 0. The molecular formula is C33H65NO6. The van der Waals surface area contributed by atoms with Crippen molar-refractivity contribution < 1.29 is 28.5 Å². The molecule has 1 heterocycles. The van der Waals surface area contributed by atoms with Crippen molar-refractivity contribution in [3.63, 3.8) is 0 Å². The second kappa shape index (κ2) is 25.9. The second-order valence-electron chi connectivity index (χ2n) is 11.8. The van der Waals surface area contributed by atoms with E-state index in [1.165, 1.54) is 89.9 Å². The lowest BCUT2D eigenvalue weighted by molar-refractivity contribution is -0.184. The van der Waals surface area contributed by atoms with Gasteiger partial charge in [-0.05, 0) is 33.4 Å². The number of hydrogen-bond donors (Lipinski definition) is 0. The van der Waals surface area contributed by atoms with Crippen molar-refractivity contribution in [2.24, 2.45) is 0 Å².